The molecule has 10 heteroatoms. The van der Waals surface area contributed by atoms with Crippen LogP contribution >= 0.6 is 0 Å². The number of sulfonamides is 2. The van der Waals surface area contributed by atoms with Crippen LogP contribution in [-0.4, -0.2) is 47.5 Å². The molecular weight excluding hydrogens is 405 g/mol. The summed E-state index contributed by atoms with van der Waals surface area (Å²) < 4.78 is 65.6. The Morgan fingerprint density at radius 1 is 1.21 bits per heavy atom. The van der Waals surface area contributed by atoms with E-state index in [0.29, 0.717) is 31.1 Å². The van der Waals surface area contributed by atoms with Gasteiger partial charge in [-0.15, -0.1) is 0 Å². The summed E-state index contributed by atoms with van der Waals surface area (Å²) in [5, 5.41) is 3.22. The minimum absolute atomic E-state index is 0.000313. The van der Waals surface area contributed by atoms with Crippen LogP contribution in [0.1, 0.15) is 39.0 Å². The van der Waals surface area contributed by atoms with Crippen molar-refractivity contribution >= 4 is 31.4 Å². The summed E-state index contributed by atoms with van der Waals surface area (Å²) in [6.45, 7) is 2.62. The van der Waals surface area contributed by atoms with E-state index in [-0.39, 0.29) is 23.2 Å². The SMILES string of the molecule is CCS(=O)(=O)N[C@H]1CC[C@H](CNc2ccc(N3CCCS3(=O)=O)c(F)c2)CC1. The Morgan fingerprint density at radius 2 is 1.93 bits per heavy atom. The van der Waals surface area contributed by atoms with E-state index in [0.717, 1.165) is 30.0 Å². The van der Waals surface area contributed by atoms with E-state index >= 15 is 0 Å². The third-order valence-electron chi connectivity index (χ3n) is 5.48. The second kappa shape index (κ2) is 8.54. The van der Waals surface area contributed by atoms with E-state index in [2.05, 4.69) is 10.0 Å². The third-order valence-corrected chi connectivity index (χ3v) is 8.79. The lowest BCUT2D eigenvalue weighted by atomic mass is 9.86. The Labute approximate surface area is 166 Å². The molecule has 1 aromatic rings. The van der Waals surface area contributed by atoms with Crippen LogP contribution in [0.25, 0.3) is 0 Å². The monoisotopic (exact) mass is 433 g/mol. The third kappa shape index (κ3) is 5.15. The first-order valence-electron chi connectivity index (χ1n) is 9.74. The Bertz CT molecular complexity index is 897. The van der Waals surface area contributed by atoms with Crippen LogP contribution in [-0.2, 0) is 20.0 Å². The van der Waals surface area contributed by atoms with Crippen LogP contribution in [0.5, 0.6) is 0 Å². The van der Waals surface area contributed by atoms with Crippen molar-refractivity contribution in [3.63, 3.8) is 0 Å². The van der Waals surface area contributed by atoms with Crippen molar-refractivity contribution in [3.8, 4) is 0 Å². The molecule has 0 bridgehead atoms. The topological polar surface area (TPSA) is 95.6 Å². The number of nitrogens with one attached hydrogen (secondary N) is 2. The van der Waals surface area contributed by atoms with Crippen molar-refractivity contribution in [2.75, 3.05) is 34.2 Å². The Morgan fingerprint density at radius 3 is 2.50 bits per heavy atom. The zero-order valence-electron chi connectivity index (χ0n) is 16.0. The second-order valence-corrected chi connectivity index (χ2v) is 11.6. The number of anilines is 2. The highest BCUT2D eigenvalue weighted by Crippen LogP contribution is 2.30. The van der Waals surface area contributed by atoms with Gasteiger partial charge in [-0.25, -0.2) is 25.9 Å². The Hall–Kier alpha value is -1.39. The van der Waals surface area contributed by atoms with Crippen molar-refractivity contribution in [1.29, 1.82) is 0 Å². The molecule has 1 saturated heterocycles. The smallest absolute Gasteiger partial charge is 0.235 e. The molecule has 1 heterocycles. The van der Waals surface area contributed by atoms with Gasteiger partial charge in [0, 0.05) is 24.8 Å². The van der Waals surface area contributed by atoms with Gasteiger partial charge in [-0.3, -0.25) is 4.31 Å². The standard InChI is InChI=1S/C18H28FN3O4S2/c1-2-27(23,24)21-15-6-4-14(5-7-15)13-20-16-8-9-18(17(19)12-16)22-10-3-11-28(22,25)26/h8-9,12,14-15,20-21H,2-7,10-11,13H2,1H3/t14-,15-. The molecule has 3 rings (SSSR count). The van der Waals surface area contributed by atoms with Gasteiger partial charge < -0.3 is 5.32 Å². The Balaban J connectivity index is 1.51. The predicted molar refractivity (Wildman–Crippen MR) is 109 cm³/mol. The van der Waals surface area contributed by atoms with Crippen LogP contribution in [0, 0.1) is 11.7 Å². The molecule has 0 atom stereocenters. The molecule has 0 aromatic heterocycles. The van der Waals surface area contributed by atoms with Gasteiger partial charge in [0.15, 0.2) is 0 Å². The van der Waals surface area contributed by atoms with Gasteiger partial charge in [-0.2, -0.15) is 0 Å². The fourth-order valence-electron chi connectivity index (χ4n) is 3.81. The summed E-state index contributed by atoms with van der Waals surface area (Å²) in [5.41, 5.74) is 0.721. The fraction of sp³-hybridized carbons (Fsp3) is 0.667. The number of hydrogen-bond acceptors (Lipinski definition) is 5. The molecule has 158 valence electrons. The maximum atomic E-state index is 14.4. The average Bonchev–Trinajstić information content (AvgIpc) is 3.00. The lowest BCUT2D eigenvalue weighted by Crippen LogP contribution is -2.39. The quantitative estimate of drug-likeness (QED) is 0.688. The van der Waals surface area contributed by atoms with Gasteiger partial charge in [-0.1, -0.05) is 0 Å². The molecule has 1 aliphatic heterocycles. The number of rotatable bonds is 7. The minimum Gasteiger partial charge on any atom is -0.385 e. The highest BCUT2D eigenvalue weighted by molar-refractivity contribution is 7.93. The molecule has 2 N–H and O–H groups in total. The first-order chi connectivity index (χ1) is 13.2. The lowest BCUT2D eigenvalue weighted by molar-refractivity contribution is 0.324. The van der Waals surface area contributed by atoms with Gasteiger partial charge in [0.05, 0.1) is 17.2 Å². The van der Waals surface area contributed by atoms with Crippen molar-refractivity contribution in [3.05, 3.63) is 24.0 Å². The molecule has 0 unspecified atom stereocenters. The Kier molecular flexibility index (Phi) is 6.51. The summed E-state index contributed by atoms with van der Waals surface area (Å²) in [6.07, 6.45) is 3.91. The fourth-order valence-corrected chi connectivity index (χ4v) is 6.29. The minimum atomic E-state index is -3.40. The van der Waals surface area contributed by atoms with Crippen molar-refractivity contribution in [2.24, 2.45) is 5.92 Å². The van der Waals surface area contributed by atoms with E-state index in [1.54, 1.807) is 13.0 Å². The summed E-state index contributed by atoms with van der Waals surface area (Å²) in [7, 11) is -6.57. The van der Waals surface area contributed by atoms with Crippen LogP contribution < -0.4 is 14.3 Å². The van der Waals surface area contributed by atoms with Crippen LogP contribution in [0.15, 0.2) is 18.2 Å². The van der Waals surface area contributed by atoms with Crippen molar-refractivity contribution < 1.29 is 21.2 Å². The van der Waals surface area contributed by atoms with Gasteiger partial charge in [0.2, 0.25) is 20.0 Å². The normalized spacial score (nSPS) is 25.0. The molecular formula is C18H28FN3O4S2. The summed E-state index contributed by atoms with van der Waals surface area (Å²) >= 11 is 0. The predicted octanol–water partition coefficient (Wildman–Crippen LogP) is 2.28. The molecule has 1 saturated carbocycles. The number of nitrogens with zero attached hydrogens (tertiary/aromatic N) is 1. The first kappa shape index (κ1) is 21.3. The van der Waals surface area contributed by atoms with Crippen LogP contribution in [0.2, 0.25) is 0 Å². The largest absolute Gasteiger partial charge is 0.385 e. The number of halogens is 1. The second-order valence-electron chi connectivity index (χ2n) is 7.53. The van der Waals surface area contributed by atoms with Crippen LogP contribution in [0.4, 0.5) is 15.8 Å². The van der Waals surface area contributed by atoms with Crippen molar-refractivity contribution in [2.45, 2.75) is 45.1 Å². The molecule has 0 spiro atoms. The molecule has 7 nitrogen and oxygen atoms in total. The highest BCUT2D eigenvalue weighted by atomic mass is 32.2. The molecule has 2 aliphatic rings. The maximum absolute atomic E-state index is 14.4. The van der Waals surface area contributed by atoms with Crippen LogP contribution in [0.3, 0.4) is 0 Å². The zero-order valence-corrected chi connectivity index (χ0v) is 17.7. The summed E-state index contributed by atoms with van der Waals surface area (Å²) in [6, 6.07) is 4.55. The van der Waals surface area contributed by atoms with Gasteiger partial charge in [0.1, 0.15) is 5.82 Å². The molecule has 1 aliphatic carbocycles. The molecule has 0 radical (unpaired) electrons. The molecule has 1 aromatic carbocycles. The molecule has 28 heavy (non-hydrogen) atoms. The number of hydrogen-bond donors (Lipinski definition) is 2. The zero-order chi connectivity index (χ0) is 20.4. The van der Waals surface area contributed by atoms with Gasteiger partial charge >= 0.3 is 0 Å². The van der Waals surface area contributed by atoms with E-state index in [1.165, 1.54) is 12.1 Å². The van der Waals surface area contributed by atoms with E-state index in [1.807, 2.05) is 0 Å². The van der Waals surface area contributed by atoms with E-state index < -0.39 is 25.9 Å². The first-order valence-corrected chi connectivity index (χ1v) is 13.0. The highest BCUT2D eigenvalue weighted by Gasteiger charge is 2.30. The summed E-state index contributed by atoms with van der Waals surface area (Å²) in [4.78, 5) is 0. The average molecular weight is 434 g/mol. The molecule has 2 fully saturated rings. The number of benzene rings is 1. The van der Waals surface area contributed by atoms with E-state index in [9.17, 15) is 21.2 Å². The molecule has 0 amide bonds. The van der Waals surface area contributed by atoms with Gasteiger partial charge in [-0.05, 0) is 63.1 Å². The van der Waals surface area contributed by atoms with Gasteiger partial charge in [0.25, 0.3) is 0 Å². The lowest BCUT2D eigenvalue weighted by Gasteiger charge is -2.29. The van der Waals surface area contributed by atoms with Crippen molar-refractivity contribution in [1.82, 2.24) is 4.72 Å². The summed E-state index contributed by atoms with van der Waals surface area (Å²) in [5.74, 6) is -0.00425. The van der Waals surface area contributed by atoms with E-state index in [4.69, 9.17) is 0 Å². The maximum Gasteiger partial charge on any atom is 0.235 e.